The fourth-order valence-electron chi connectivity index (χ4n) is 3.87. The van der Waals surface area contributed by atoms with Gasteiger partial charge in [-0.25, -0.2) is 13.8 Å². The number of hydrogen-bond acceptors (Lipinski definition) is 5. The van der Waals surface area contributed by atoms with E-state index < -0.39 is 17.5 Å². The van der Waals surface area contributed by atoms with Gasteiger partial charge in [-0.2, -0.15) is 0 Å². The quantitative estimate of drug-likeness (QED) is 0.905. The summed E-state index contributed by atoms with van der Waals surface area (Å²) >= 11 is 0. The molecule has 26 heavy (non-hydrogen) atoms. The minimum Gasteiger partial charge on any atom is -0.425 e. The minimum absolute atomic E-state index is 0.0542. The third-order valence-electron chi connectivity index (χ3n) is 5.21. The molecule has 3 fully saturated rings. The van der Waals surface area contributed by atoms with Crippen LogP contribution in [0.2, 0.25) is 0 Å². The Morgan fingerprint density at radius 3 is 2.62 bits per heavy atom. The van der Waals surface area contributed by atoms with Crippen LogP contribution in [0.5, 0.6) is 11.7 Å². The van der Waals surface area contributed by atoms with Crippen LogP contribution >= 0.6 is 0 Å². The highest BCUT2D eigenvalue weighted by Crippen LogP contribution is 2.32. The molecule has 1 aromatic heterocycles. The van der Waals surface area contributed by atoms with Crippen LogP contribution in [-0.2, 0) is 0 Å². The zero-order valence-electron chi connectivity index (χ0n) is 14.2. The molecular formula is C18H19F2N3O3. The molecule has 2 atom stereocenters. The van der Waals surface area contributed by atoms with E-state index in [2.05, 4.69) is 22.1 Å². The van der Waals surface area contributed by atoms with Crippen LogP contribution in [0.3, 0.4) is 0 Å². The highest BCUT2D eigenvalue weighted by molar-refractivity contribution is 5.90. The number of halogens is 2. The van der Waals surface area contributed by atoms with Gasteiger partial charge >= 0.3 is 11.9 Å². The summed E-state index contributed by atoms with van der Waals surface area (Å²) in [4.78, 5) is 18.7. The predicted octanol–water partition coefficient (Wildman–Crippen LogP) is 2.96. The van der Waals surface area contributed by atoms with Gasteiger partial charge in [-0.3, -0.25) is 9.69 Å². The molecule has 4 heterocycles. The zero-order chi connectivity index (χ0) is 18.3. The lowest BCUT2D eigenvalue weighted by molar-refractivity contribution is 0.0209. The number of fused-ring (bicyclic) bond motifs is 3. The predicted molar refractivity (Wildman–Crippen MR) is 87.9 cm³/mol. The van der Waals surface area contributed by atoms with Crippen molar-refractivity contribution in [3.8, 4) is 11.7 Å². The Balaban J connectivity index is 1.43. The minimum atomic E-state index is -0.770. The fourth-order valence-corrected chi connectivity index (χ4v) is 3.87. The number of benzene rings is 1. The number of nitrogens with zero attached hydrogens (tertiary/aromatic N) is 2. The number of aromatic nitrogens is 1. The maximum atomic E-state index is 13.2. The van der Waals surface area contributed by atoms with E-state index in [1.54, 1.807) is 0 Å². The molecule has 2 aromatic rings. The van der Waals surface area contributed by atoms with Gasteiger partial charge < -0.3 is 14.5 Å². The van der Waals surface area contributed by atoms with Crippen LogP contribution in [0, 0.1) is 17.6 Å². The highest BCUT2D eigenvalue weighted by atomic mass is 19.1. The number of hydrogen-bond donors (Lipinski definition) is 1. The van der Waals surface area contributed by atoms with Crippen LogP contribution in [0.1, 0.15) is 30.5 Å². The number of carbonyl (C=O) groups excluding carboxylic acids is 1. The fraction of sp³-hybridized carbons (Fsp3) is 0.444. The molecule has 6 nitrogen and oxygen atoms in total. The summed E-state index contributed by atoms with van der Waals surface area (Å²) in [5, 5.41) is 3.00. The second kappa shape index (κ2) is 6.68. The third-order valence-corrected chi connectivity index (χ3v) is 5.21. The second-order valence-corrected chi connectivity index (χ2v) is 6.80. The van der Waals surface area contributed by atoms with E-state index in [9.17, 15) is 13.6 Å². The largest absolute Gasteiger partial charge is 0.425 e. The number of ether oxygens (including phenoxy) is 1. The SMILES string of the molecule is C[C@@H]1[C@H](NC(=O)c2ncc(Oc3cc(F)cc(F)c3)o2)C2CCN1CC2. The molecule has 3 aliphatic rings. The van der Waals surface area contributed by atoms with Gasteiger partial charge in [0.25, 0.3) is 5.89 Å². The Labute approximate surface area is 149 Å². The van der Waals surface area contributed by atoms with E-state index in [4.69, 9.17) is 9.15 Å². The summed E-state index contributed by atoms with van der Waals surface area (Å²) < 4.78 is 36.9. The lowest BCUT2D eigenvalue weighted by Gasteiger charge is -2.49. The van der Waals surface area contributed by atoms with E-state index in [-0.39, 0.29) is 29.7 Å². The smallest absolute Gasteiger partial charge is 0.311 e. The van der Waals surface area contributed by atoms with Crippen LogP contribution < -0.4 is 10.1 Å². The van der Waals surface area contributed by atoms with E-state index in [1.807, 2.05) is 0 Å². The van der Waals surface area contributed by atoms with Crippen LogP contribution in [-0.4, -0.2) is 41.0 Å². The Kier molecular flexibility index (Phi) is 4.36. The molecule has 138 valence electrons. The molecule has 1 amide bonds. The van der Waals surface area contributed by atoms with Crippen molar-refractivity contribution in [3.05, 3.63) is 41.9 Å². The number of amides is 1. The van der Waals surface area contributed by atoms with Crippen LogP contribution in [0.25, 0.3) is 0 Å². The normalized spacial score (nSPS) is 27.3. The number of carbonyl (C=O) groups is 1. The van der Waals surface area contributed by atoms with E-state index in [0.29, 0.717) is 5.92 Å². The monoisotopic (exact) mass is 363 g/mol. The van der Waals surface area contributed by atoms with Gasteiger partial charge in [-0.1, -0.05) is 0 Å². The van der Waals surface area contributed by atoms with Gasteiger partial charge in [-0.05, 0) is 38.8 Å². The van der Waals surface area contributed by atoms with Gasteiger partial charge in [0.2, 0.25) is 0 Å². The summed E-state index contributed by atoms with van der Waals surface area (Å²) in [5.41, 5.74) is 0. The Hall–Kier alpha value is -2.48. The molecule has 8 heteroatoms. The van der Waals surface area contributed by atoms with Crippen molar-refractivity contribution < 1.29 is 22.7 Å². The molecule has 2 bridgehead atoms. The van der Waals surface area contributed by atoms with Crippen molar-refractivity contribution in [2.45, 2.75) is 31.8 Å². The first-order valence-corrected chi connectivity index (χ1v) is 8.64. The van der Waals surface area contributed by atoms with Crippen molar-refractivity contribution in [2.24, 2.45) is 5.92 Å². The molecule has 0 saturated carbocycles. The summed E-state index contributed by atoms with van der Waals surface area (Å²) in [6, 6.07) is 3.09. The van der Waals surface area contributed by atoms with Crippen molar-refractivity contribution in [1.82, 2.24) is 15.2 Å². The average molecular weight is 363 g/mol. The molecule has 5 rings (SSSR count). The molecule has 0 radical (unpaired) electrons. The summed E-state index contributed by atoms with van der Waals surface area (Å²) in [7, 11) is 0. The zero-order valence-corrected chi connectivity index (χ0v) is 14.2. The first-order valence-electron chi connectivity index (χ1n) is 8.64. The first kappa shape index (κ1) is 17.0. The Bertz CT molecular complexity index is 796. The maximum absolute atomic E-state index is 13.2. The van der Waals surface area contributed by atoms with Crippen LogP contribution in [0.4, 0.5) is 8.78 Å². The second-order valence-electron chi connectivity index (χ2n) is 6.80. The molecule has 0 spiro atoms. The van der Waals surface area contributed by atoms with Gasteiger partial charge in [0.15, 0.2) is 0 Å². The molecule has 0 aliphatic carbocycles. The van der Waals surface area contributed by atoms with Gasteiger partial charge in [0, 0.05) is 30.3 Å². The molecule has 1 N–H and O–H groups in total. The lowest BCUT2D eigenvalue weighted by Crippen LogP contribution is -2.62. The highest BCUT2D eigenvalue weighted by Gasteiger charge is 2.40. The Morgan fingerprint density at radius 1 is 1.27 bits per heavy atom. The van der Waals surface area contributed by atoms with Crippen molar-refractivity contribution in [1.29, 1.82) is 0 Å². The number of nitrogens with one attached hydrogen (secondary N) is 1. The number of rotatable bonds is 4. The maximum Gasteiger partial charge on any atom is 0.311 e. The summed E-state index contributed by atoms with van der Waals surface area (Å²) in [5.74, 6) is -1.82. The molecule has 3 saturated heterocycles. The van der Waals surface area contributed by atoms with E-state index >= 15 is 0 Å². The first-order chi connectivity index (χ1) is 12.5. The lowest BCUT2D eigenvalue weighted by atomic mass is 9.79. The summed E-state index contributed by atoms with van der Waals surface area (Å²) in [6.45, 7) is 4.25. The molecule has 1 aromatic carbocycles. The number of piperidine rings is 3. The molecule has 3 aliphatic heterocycles. The van der Waals surface area contributed by atoms with E-state index in [1.165, 1.54) is 6.20 Å². The van der Waals surface area contributed by atoms with Gasteiger partial charge in [-0.15, -0.1) is 0 Å². The topological polar surface area (TPSA) is 67.6 Å². The molecular weight excluding hydrogens is 344 g/mol. The number of oxazole rings is 1. The molecule has 0 unspecified atom stereocenters. The van der Waals surface area contributed by atoms with Crippen molar-refractivity contribution in [2.75, 3.05) is 13.1 Å². The van der Waals surface area contributed by atoms with Crippen molar-refractivity contribution >= 4 is 5.91 Å². The van der Waals surface area contributed by atoms with Gasteiger partial charge in [0.1, 0.15) is 23.6 Å². The standard InChI is InChI=1S/C18H19F2N3O3/c1-10-16(11-2-4-23(10)5-3-11)22-17(24)18-21-9-15(26-18)25-14-7-12(19)6-13(20)8-14/h6-11,16H,2-5H2,1H3,(H,22,24)/t10-,16+/m1/s1. The average Bonchev–Trinajstić information content (AvgIpc) is 3.06. The Morgan fingerprint density at radius 2 is 1.96 bits per heavy atom. The summed E-state index contributed by atoms with van der Waals surface area (Å²) in [6.07, 6.45) is 3.35. The van der Waals surface area contributed by atoms with Gasteiger partial charge in [0.05, 0.1) is 0 Å². The van der Waals surface area contributed by atoms with Crippen molar-refractivity contribution in [3.63, 3.8) is 0 Å². The third kappa shape index (κ3) is 3.29. The van der Waals surface area contributed by atoms with Crippen LogP contribution in [0.15, 0.2) is 28.8 Å². The van der Waals surface area contributed by atoms with E-state index in [0.717, 1.165) is 44.1 Å².